The molecule has 0 aliphatic carbocycles. The van der Waals surface area contributed by atoms with Gasteiger partial charge < -0.3 is 10.2 Å². The lowest BCUT2D eigenvalue weighted by Crippen LogP contribution is -2.38. The highest BCUT2D eigenvalue weighted by molar-refractivity contribution is 5.52. The molecule has 2 aliphatic heterocycles. The van der Waals surface area contributed by atoms with E-state index >= 15 is 0 Å². The van der Waals surface area contributed by atoms with Crippen molar-refractivity contribution in [3.8, 4) is 6.07 Å². The van der Waals surface area contributed by atoms with Gasteiger partial charge in [0.1, 0.15) is 11.6 Å². The SMILES string of the molecule is N#Cc1cc(N2[C@@H]3CCNC[C@H]2CC3)cnc1F. The van der Waals surface area contributed by atoms with Crippen LogP contribution in [0.2, 0.25) is 0 Å². The highest BCUT2D eigenvalue weighted by Crippen LogP contribution is 2.33. The standard InChI is InChI=1S/C13H15FN4/c14-13-9(6-15)5-12(8-17-13)18-10-1-2-11(18)7-16-4-3-10/h5,8,10-11,16H,1-4,7H2/t10-,11+/m0/s1. The molecule has 0 radical (unpaired) electrons. The summed E-state index contributed by atoms with van der Waals surface area (Å²) >= 11 is 0. The normalized spacial score (nSPS) is 26.8. The Kier molecular flexibility index (Phi) is 2.88. The number of rotatable bonds is 1. The van der Waals surface area contributed by atoms with Crippen LogP contribution in [0.15, 0.2) is 12.3 Å². The maximum Gasteiger partial charge on any atom is 0.230 e. The van der Waals surface area contributed by atoms with Gasteiger partial charge in [-0.3, -0.25) is 0 Å². The Labute approximate surface area is 105 Å². The van der Waals surface area contributed by atoms with Crippen molar-refractivity contribution >= 4 is 5.69 Å². The number of anilines is 1. The van der Waals surface area contributed by atoms with Crippen LogP contribution in [0.25, 0.3) is 0 Å². The first-order chi connectivity index (χ1) is 8.79. The van der Waals surface area contributed by atoms with Gasteiger partial charge >= 0.3 is 0 Å². The molecule has 0 spiro atoms. The third-order valence-corrected chi connectivity index (χ3v) is 3.90. The fourth-order valence-electron chi connectivity index (χ4n) is 3.06. The summed E-state index contributed by atoms with van der Waals surface area (Å²) < 4.78 is 13.3. The van der Waals surface area contributed by atoms with E-state index in [4.69, 9.17) is 5.26 Å². The lowest BCUT2D eigenvalue weighted by atomic mass is 10.1. The van der Waals surface area contributed by atoms with Crippen molar-refractivity contribution in [2.24, 2.45) is 0 Å². The van der Waals surface area contributed by atoms with E-state index in [2.05, 4.69) is 15.2 Å². The Bertz CT molecular complexity index is 482. The first-order valence-corrected chi connectivity index (χ1v) is 6.34. The molecule has 0 amide bonds. The first kappa shape index (κ1) is 11.4. The molecule has 4 nitrogen and oxygen atoms in total. The number of fused-ring (bicyclic) bond motifs is 2. The predicted octanol–water partition coefficient (Wildman–Crippen LogP) is 1.42. The highest BCUT2D eigenvalue weighted by Gasteiger charge is 2.35. The molecule has 2 saturated heterocycles. The Morgan fingerprint density at radius 3 is 3.06 bits per heavy atom. The Hall–Kier alpha value is -1.67. The molecule has 1 N–H and O–H groups in total. The molecular weight excluding hydrogens is 231 g/mol. The first-order valence-electron chi connectivity index (χ1n) is 6.34. The molecule has 5 heteroatoms. The molecule has 1 aromatic heterocycles. The molecule has 94 valence electrons. The molecule has 2 bridgehead atoms. The van der Waals surface area contributed by atoms with Crippen LogP contribution >= 0.6 is 0 Å². The molecule has 0 saturated carbocycles. The van der Waals surface area contributed by atoms with Crippen LogP contribution in [-0.2, 0) is 0 Å². The van der Waals surface area contributed by atoms with E-state index in [1.165, 1.54) is 6.42 Å². The van der Waals surface area contributed by atoms with E-state index in [-0.39, 0.29) is 5.56 Å². The van der Waals surface area contributed by atoms with Crippen LogP contribution in [0.3, 0.4) is 0 Å². The van der Waals surface area contributed by atoms with Gasteiger partial charge in [-0.25, -0.2) is 4.98 Å². The van der Waals surface area contributed by atoms with Gasteiger partial charge in [-0.05, 0) is 31.9 Å². The summed E-state index contributed by atoms with van der Waals surface area (Å²) in [4.78, 5) is 6.01. The quantitative estimate of drug-likeness (QED) is 0.761. The minimum atomic E-state index is -0.679. The van der Waals surface area contributed by atoms with Gasteiger partial charge in [-0.2, -0.15) is 9.65 Å². The van der Waals surface area contributed by atoms with Crippen molar-refractivity contribution in [2.75, 3.05) is 18.0 Å². The van der Waals surface area contributed by atoms with Gasteiger partial charge in [0, 0.05) is 18.6 Å². The topological polar surface area (TPSA) is 52.0 Å². The summed E-state index contributed by atoms with van der Waals surface area (Å²) in [7, 11) is 0. The van der Waals surface area contributed by atoms with E-state index in [1.807, 2.05) is 6.07 Å². The van der Waals surface area contributed by atoms with Crippen LogP contribution in [-0.4, -0.2) is 30.2 Å². The second kappa shape index (κ2) is 4.54. The van der Waals surface area contributed by atoms with Crippen molar-refractivity contribution in [1.82, 2.24) is 10.3 Å². The fraction of sp³-hybridized carbons (Fsp3) is 0.538. The van der Waals surface area contributed by atoms with Crippen LogP contribution < -0.4 is 10.2 Å². The zero-order chi connectivity index (χ0) is 12.5. The number of pyridine rings is 1. The van der Waals surface area contributed by atoms with Gasteiger partial charge in [0.2, 0.25) is 5.95 Å². The smallest absolute Gasteiger partial charge is 0.230 e. The second-order valence-electron chi connectivity index (χ2n) is 4.93. The average Bonchev–Trinajstić information content (AvgIpc) is 2.64. The molecule has 18 heavy (non-hydrogen) atoms. The lowest BCUT2D eigenvalue weighted by Gasteiger charge is -2.29. The molecule has 3 heterocycles. The molecule has 3 rings (SSSR count). The number of hydrogen-bond acceptors (Lipinski definition) is 4. The number of hydrogen-bond donors (Lipinski definition) is 1. The van der Waals surface area contributed by atoms with Crippen LogP contribution in [0.5, 0.6) is 0 Å². The maximum atomic E-state index is 13.3. The summed E-state index contributed by atoms with van der Waals surface area (Å²) in [5.74, 6) is -0.679. The number of halogens is 1. The maximum absolute atomic E-state index is 13.3. The number of nitrogens with one attached hydrogen (secondary N) is 1. The Balaban J connectivity index is 1.97. The van der Waals surface area contributed by atoms with Crippen molar-refractivity contribution in [3.63, 3.8) is 0 Å². The summed E-state index contributed by atoms with van der Waals surface area (Å²) in [5, 5.41) is 12.3. The predicted molar refractivity (Wildman–Crippen MR) is 65.7 cm³/mol. The summed E-state index contributed by atoms with van der Waals surface area (Å²) in [6, 6.07) is 4.42. The van der Waals surface area contributed by atoms with E-state index < -0.39 is 5.95 Å². The van der Waals surface area contributed by atoms with E-state index in [0.717, 1.165) is 31.6 Å². The zero-order valence-electron chi connectivity index (χ0n) is 10.1. The second-order valence-corrected chi connectivity index (χ2v) is 4.93. The summed E-state index contributed by atoms with van der Waals surface area (Å²) in [5.41, 5.74) is 0.910. The van der Waals surface area contributed by atoms with Gasteiger partial charge in [0.25, 0.3) is 0 Å². The van der Waals surface area contributed by atoms with Crippen molar-refractivity contribution < 1.29 is 4.39 Å². The average molecular weight is 246 g/mol. The van der Waals surface area contributed by atoms with Crippen molar-refractivity contribution in [1.29, 1.82) is 5.26 Å². The van der Waals surface area contributed by atoms with Crippen molar-refractivity contribution in [3.05, 3.63) is 23.8 Å². The number of nitrogens with zero attached hydrogens (tertiary/aromatic N) is 3. The third kappa shape index (κ3) is 1.83. The Morgan fingerprint density at radius 1 is 1.39 bits per heavy atom. The minimum Gasteiger partial charge on any atom is -0.363 e. The largest absolute Gasteiger partial charge is 0.363 e. The van der Waals surface area contributed by atoms with Gasteiger partial charge in [0.15, 0.2) is 0 Å². The highest BCUT2D eigenvalue weighted by atomic mass is 19.1. The van der Waals surface area contributed by atoms with Gasteiger partial charge in [0.05, 0.1) is 11.9 Å². The van der Waals surface area contributed by atoms with E-state index in [0.29, 0.717) is 12.1 Å². The lowest BCUT2D eigenvalue weighted by molar-refractivity contribution is 0.567. The fourth-order valence-corrected chi connectivity index (χ4v) is 3.06. The van der Waals surface area contributed by atoms with Crippen LogP contribution in [0.1, 0.15) is 24.8 Å². The summed E-state index contributed by atoms with van der Waals surface area (Å²) in [6.07, 6.45) is 4.96. The van der Waals surface area contributed by atoms with E-state index in [1.54, 1.807) is 12.3 Å². The molecule has 1 aromatic rings. The Morgan fingerprint density at radius 2 is 2.22 bits per heavy atom. The van der Waals surface area contributed by atoms with Crippen LogP contribution in [0.4, 0.5) is 10.1 Å². The molecule has 2 fully saturated rings. The molecule has 2 atom stereocenters. The summed E-state index contributed by atoms with van der Waals surface area (Å²) in [6.45, 7) is 1.98. The monoisotopic (exact) mass is 246 g/mol. The van der Waals surface area contributed by atoms with Crippen LogP contribution in [0, 0.1) is 17.3 Å². The number of nitriles is 1. The number of aromatic nitrogens is 1. The molecule has 2 aliphatic rings. The van der Waals surface area contributed by atoms with Crippen molar-refractivity contribution in [2.45, 2.75) is 31.3 Å². The zero-order valence-corrected chi connectivity index (χ0v) is 10.1. The van der Waals surface area contributed by atoms with E-state index in [9.17, 15) is 4.39 Å². The van der Waals surface area contributed by atoms with Gasteiger partial charge in [-0.15, -0.1) is 0 Å². The molecule has 0 aromatic carbocycles. The molecule has 0 unspecified atom stereocenters. The molecular formula is C13H15FN4. The minimum absolute atomic E-state index is 0.0316. The third-order valence-electron chi connectivity index (χ3n) is 3.90. The van der Waals surface area contributed by atoms with Gasteiger partial charge in [-0.1, -0.05) is 0 Å².